The summed E-state index contributed by atoms with van der Waals surface area (Å²) in [4.78, 5) is 43.3. The molecule has 2 spiro atoms. The van der Waals surface area contributed by atoms with Crippen LogP contribution in [0.25, 0.3) is 0 Å². The van der Waals surface area contributed by atoms with Crippen molar-refractivity contribution in [2.24, 2.45) is 41.4 Å². The number of hydrogen-bond acceptors (Lipinski definition) is 40. The van der Waals surface area contributed by atoms with Gasteiger partial charge in [-0.05, 0) is 110 Å². The lowest BCUT2D eigenvalue weighted by Crippen LogP contribution is -2.68. The third-order valence-corrected chi connectivity index (χ3v) is 31.8. The molecular weight excluding hydrogens is 1870 g/mol. The molecule has 15 rings (SSSR count). The number of methoxy groups -OCH3 is 5. The summed E-state index contributed by atoms with van der Waals surface area (Å²) >= 11 is 13.2. The molecule has 0 radical (unpaired) electrons. The monoisotopic (exact) mass is 2010 g/mol. The second-order valence-corrected chi connectivity index (χ2v) is 41.6. The Kier molecular flexibility index (Phi) is 34.3. The number of benzene rings is 1. The van der Waals surface area contributed by atoms with E-state index in [4.69, 9.17) is 161 Å². The Hall–Kier alpha value is -4.06. The molecule has 13 saturated heterocycles. The molecule has 14 aliphatic heterocycles. The minimum Gasteiger partial charge on any atom is -0.624 e. The first-order valence-corrected chi connectivity index (χ1v) is 49.3. The van der Waals surface area contributed by atoms with Crippen molar-refractivity contribution in [3.8, 4) is 11.5 Å². The van der Waals surface area contributed by atoms with Gasteiger partial charge in [-0.3, -0.25) is 9.59 Å². The van der Waals surface area contributed by atoms with Crippen LogP contribution in [0, 0.1) is 53.6 Å². The Bertz CT molecular complexity index is 4360. The first kappa shape index (κ1) is 108. The molecule has 41 nitrogen and oxygen atoms in total. The maximum absolute atomic E-state index is 15.7. The van der Waals surface area contributed by atoms with E-state index < -0.39 is 285 Å². The number of phenolic OH excluding ortho intramolecular Hbond substituents is 1. The number of hydrogen-bond donors (Lipinski definition) is 7. The van der Waals surface area contributed by atoms with E-state index in [1.807, 2.05) is 55.4 Å². The minimum absolute atomic E-state index is 0.0435. The van der Waals surface area contributed by atoms with Gasteiger partial charge in [-0.2, -0.15) is 0 Å². The van der Waals surface area contributed by atoms with Crippen molar-refractivity contribution in [1.82, 2.24) is 0 Å². The molecule has 5 unspecified atom stereocenters. The molecule has 1 aromatic rings. The largest absolute Gasteiger partial charge is 0.624 e. The highest BCUT2D eigenvalue weighted by molar-refractivity contribution is 6.39. The highest BCUT2D eigenvalue weighted by Crippen LogP contribution is 2.54. The molecule has 0 aliphatic carbocycles. The average molecular weight is 2010 g/mol. The number of phenols is 1. The fourth-order valence-electron chi connectivity index (χ4n) is 22.6. The number of ether oxygens (including phenoxy) is 29. The highest BCUT2D eigenvalue weighted by atomic mass is 35.5. The molecule has 0 aromatic heterocycles. The van der Waals surface area contributed by atoms with Gasteiger partial charge in [0, 0.05) is 78.3 Å². The molecular formula is C95H145Cl2NO40. The van der Waals surface area contributed by atoms with Crippen LogP contribution in [-0.2, 0) is 142 Å². The smallest absolute Gasteiger partial charge is 0.342 e. The molecule has 0 bridgehead atoms. The molecule has 138 heavy (non-hydrogen) atoms. The van der Waals surface area contributed by atoms with Crippen LogP contribution in [0.4, 0.5) is 0 Å². The average Bonchev–Trinajstić information content (AvgIpc) is 1.55. The van der Waals surface area contributed by atoms with Crippen molar-refractivity contribution in [2.75, 3.05) is 62.2 Å². The van der Waals surface area contributed by atoms with Crippen LogP contribution in [0.5, 0.6) is 11.5 Å². The zero-order chi connectivity index (χ0) is 99.9. The van der Waals surface area contributed by atoms with E-state index in [0.717, 1.165) is 4.74 Å². The van der Waals surface area contributed by atoms with Crippen LogP contribution >= 0.6 is 23.2 Å². The molecule has 1 aromatic carbocycles. The number of ketones is 1. The molecule has 0 amide bonds. The summed E-state index contributed by atoms with van der Waals surface area (Å²) in [5, 5.41) is 98.8. The zero-order valence-electron chi connectivity index (χ0n) is 82.6. The normalized spacial score (nSPS) is 48.9. The number of aliphatic hydroxyl groups excluding tert-OH is 5. The minimum atomic E-state index is -1.86. The van der Waals surface area contributed by atoms with E-state index in [9.17, 15) is 50.1 Å². The topological polar surface area (TPSA) is 490 Å². The fourth-order valence-corrected chi connectivity index (χ4v) is 23.1. The number of cyclic esters (lactones) is 1. The maximum atomic E-state index is 15.7. The van der Waals surface area contributed by atoms with Gasteiger partial charge >= 0.3 is 17.9 Å². The van der Waals surface area contributed by atoms with Crippen molar-refractivity contribution >= 4 is 47.1 Å². The maximum Gasteiger partial charge on any atom is 0.342 e. The van der Waals surface area contributed by atoms with Gasteiger partial charge in [-0.1, -0.05) is 78.6 Å². The number of hydroxylamine groups is 1. The number of aromatic hydroxyl groups is 1. The number of allylic oxidation sites excluding steroid dienone is 1. The molecule has 14 heterocycles. The number of carbonyl (C=O) groups is 3. The predicted molar refractivity (Wildman–Crippen MR) is 476 cm³/mol. The van der Waals surface area contributed by atoms with Crippen molar-refractivity contribution in [3.05, 3.63) is 38.5 Å². The number of epoxide rings is 1. The third-order valence-electron chi connectivity index (χ3n) is 30.9. The third kappa shape index (κ3) is 21.6. The Morgan fingerprint density at radius 2 is 1.30 bits per heavy atom. The fraction of sp³-hybridized carbons (Fsp3) is 0.874. The quantitative estimate of drug-likeness (QED) is 0.0145. The second kappa shape index (κ2) is 43.8. The number of rotatable bonds is 25. The van der Waals surface area contributed by atoms with Gasteiger partial charge in [0.05, 0.1) is 124 Å². The zero-order valence-corrected chi connectivity index (χ0v) is 84.1. The van der Waals surface area contributed by atoms with E-state index in [-0.39, 0.29) is 128 Å². The number of halogens is 2. The van der Waals surface area contributed by atoms with Crippen LogP contribution in [0.1, 0.15) is 184 Å². The van der Waals surface area contributed by atoms with Crippen molar-refractivity contribution in [1.29, 1.82) is 0 Å². The summed E-state index contributed by atoms with van der Waals surface area (Å²) in [5.74, 6) is -10.0. The van der Waals surface area contributed by atoms with E-state index in [1.54, 1.807) is 61.5 Å². The van der Waals surface area contributed by atoms with Crippen LogP contribution in [-0.4, -0.2) is 376 Å². The van der Waals surface area contributed by atoms with Gasteiger partial charge in [-0.25, -0.2) is 9.53 Å². The number of fused-ring (bicyclic) bond motifs is 5. The summed E-state index contributed by atoms with van der Waals surface area (Å²) in [7, 11) is 6.92. The van der Waals surface area contributed by atoms with Gasteiger partial charge in [0.25, 0.3) is 5.97 Å². The number of esters is 2. The van der Waals surface area contributed by atoms with E-state index in [0.29, 0.717) is 12.8 Å². The van der Waals surface area contributed by atoms with Crippen molar-refractivity contribution in [3.63, 3.8) is 0 Å². The van der Waals surface area contributed by atoms with Gasteiger partial charge in [0.1, 0.15) is 120 Å². The standard InChI is InChI=1S/C95H145Cl2NO40/c1-23-56-45(9)82-92(17,138-82)26-24-53(99)40(4)29-52(72(44(8)54(100)30-61(102)124-56)130-87-68(103)41(5)28-42(6)119-87)25-27-98(109)91(16)34-64(122-51(15)83(91)114-22)125-57-31-62(120-48(12)75(57)129-86(107)65-46(10)66(96)69(104)67(97)79(65)111-19)128-74-50(14)133-94(33-55(74)101)134-58-32-63(121-49(13)76(58)136-94)127-73-43(7)47(11)123-88(71(73)106)131-77-59(35-110-18)126-90(80(112-20)70(77)105)132-89-81(113-21)78-60(36-115-89)135-95(137-78)85-84(116-38-117-85)93(108,37-118-95)39(2)3/h24,26-27,39-45,47-52,54-60,62-64,68,70-78,80-85,87-90,100-101,103-106,108H,23,25,28-38H2,1-22H3/b26-24+,98-27?/t40-,41?,42?,43+,44+,45-,47-,48-,49-,50-,51+,52+,54-,55-,56?,57-,58-,59-,60+,62+,63+,64-,68?,70+,71-,72-,73+,74-,75-,76-,77-,78-,80+,81-,82+,83-,84-,85-,87?,88+,89+,90+,91+,92+,93-,94+,95-/m1/s1. The van der Waals surface area contributed by atoms with Gasteiger partial charge in [-0.15, -0.1) is 0 Å². The molecule has 47 atom stereocenters. The SMILES string of the molecule is CCC1OC(=O)C[C@@H](O)[C@H](C)[C@@H](OC2OC(C)CC(C)C2O)[C@@H](CC=[N+]([O-])[C@@]2(C)C[C@@H](O[C@@H]3C[C@H](O[C@H]4[C@H](O)C[C@]5(O[C@@H]6[C@@H](C)O[C@@H](O[C@H]7[C@@H](C)[C@@H](C)O[C@@H](O[C@H]8[C@H](O)[C@H](OC)[C@H](O[C@@H]9OC[C@@H]%10O[C@@]%11(OC[C@@](O)(C(C)C)[C@@H]%12OCO[C@H]%12%11)O[C@H]%10[C@H]9OC)O[C@@H]8COC)[C@@H]7O)C[C@H]6O5)O[C@@H]4C)O[C@H](C)[C@H]3OC(=O)c3c(C)c(Cl)c(O)c(Cl)c3OC)O[C@@H](C)[C@H]2OC)C[C@@H](C)C(=O)/C=C/[C@]2(C)O[C@H]2[C@@H]1C. The van der Waals surface area contributed by atoms with Crippen molar-refractivity contribution < 1.29 is 192 Å². The summed E-state index contributed by atoms with van der Waals surface area (Å²) < 4.78 is 185. The van der Waals surface area contributed by atoms with Crippen LogP contribution in [0.15, 0.2) is 12.2 Å². The van der Waals surface area contributed by atoms with E-state index in [2.05, 4.69) is 0 Å². The molecule has 43 heteroatoms. The predicted octanol–water partition coefficient (Wildman–Crippen LogP) is 6.11. The van der Waals surface area contributed by atoms with E-state index >= 15 is 5.21 Å². The van der Waals surface area contributed by atoms with Crippen molar-refractivity contribution in [2.45, 2.75) is 425 Å². The lowest BCUT2D eigenvalue weighted by molar-refractivity contribution is -0.575. The Morgan fingerprint density at radius 1 is 0.609 bits per heavy atom. The first-order valence-electron chi connectivity index (χ1n) is 48.6. The summed E-state index contributed by atoms with van der Waals surface area (Å²) in [6.07, 6.45) is -33.4. The molecule has 14 aliphatic rings. The molecule has 784 valence electrons. The summed E-state index contributed by atoms with van der Waals surface area (Å²) in [6.45, 7) is 29.6. The van der Waals surface area contributed by atoms with E-state index in [1.165, 1.54) is 54.8 Å². The Balaban J connectivity index is 0.618. The lowest BCUT2D eigenvalue weighted by Gasteiger charge is -2.49. The number of nitrogens with zero attached hydrogens (tertiary/aromatic N) is 1. The molecule has 7 N–H and O–H groups in total. The number of carbonyl (C=O) groups excluding carboxylic acids is 3. The number of aliphatic hydroxyl groups is 6. The van der Waals surface area contributed by atoms with Gasteiger partial charge < -0.3 is 178 Å². The Labute approximate surface area is 814 Å². The van der Waals surface area contributed by atoms with Crippen LogP contribution in [0.3, 0.4) is 0 Å². The Morgan fingerprint density at radius 3 is 1.99 bits per heavy atom. The lowest BCUT2D eigenvalue weighted by atomic mass is 9.79. The van der Waals surface area contributed by atoms with Gasteiger partial charge in [0.2, 0.25) is 5.54 Å². The first-order chi connectivity index (χ1) is 65.3. The highest BCUT2D eigenvalue weighted by Gasteiger charge is 2.71. The van der Waals surface area contributed by atoms with Gasteiger partial charge in [0.15, 0.2) is 79.7 Å². The molecule has 13 fully saturated rings. The van der Waals surface area contributed by atoms with Crippen LogP contribution < -0.4 is 4.74 Å². The summed E-state index contributed by atoms with van der Waals surface area (Å²) in [6, 6.07) is 0. The molecule has 0 saturated carbocycles. The van der Waals surface area contributed by atoms with Crippen LogP contribution in [0.2, 0.25) is 10.0 Å². The summed E-state index contributed by atoms with van der Waals surface area (Å²) in [5.41, 5.74) is -3.96. The second-order valence-electron chi connectivity index (χ2n) is 40.9.